The molecule has 0 aliphatic carbocycles. The number of nitrogens with zero attached hydrogens (tertiary/aromatic N) is 2. The van der Waals surface area contributed by atoms with E-state index in [0.29, 0.717) is 11.3 Å². The lowest BCUT2D eigenvalue weighted by Gasteiger charge is -2.19. The third kappa shape index (κ3) is 2.83. The monoisotopic (exact) mass is 371 g/mol. The van der Waals surface area contributed by atoms with Gasteiger partial charge in [0.05, 0.1) is 24.4 Å². The van der Waals surface area contributed by atoms with E-state index in [1.165, 1.54) is 11.2 Å². The lowest BCUT2D eigenvalue weighted by atomic mass is 9.98. The zero-order valence-electron chi connectivity index (χ0n) is 15.2. The molecule has 3 amide bonds. The zero-order chi connectivity index (χ0) is 19.7. The Kier molecular flexibility index (Phi) is 4.21. The Labute approximate surface area is 162 Å². The molecule has 1 saturated heterocycles. The average Bonchev–Trinajstić information content (AvgIpc) is 3.33. The fourth-order valence-electron chi connectivity index (χ4n) is 3.38. The van der Waals surface area contributed by atoms with E-state index in [4.69, 9.17) is 4.42 Å². The second kappa shape index (κ2) is 6.71. The Morgan fingerprint density at radius 2 is 1.82 bits per heavy atom. The predicted octanol–water partition coefficient (Wildman–Crippen LogP) is 3.79. The molecule has 4 rings (SSSR count). The Balaban J connectivity index is 1.56. The van der Waals surface area contributed by atoms with E-state index in [0.717, 1.165) is 16.7 Å². The van der Waals surface area contributed by atoms with Crippen LogP contribution < -0.4 is 5.32 Å². The number of carbonyl (C=O) groups is 2. The molecule has 2 heterocycles. The zero-order valence-corrected chi connectivity index (χ0v) is 15.2. The molecule has 2 aromatic carbocycles. The van der Waals surface area contributed by atoms with Gasteiger partial charge in [-0.2, -0.15) is 5.26 Å². The van der Waals surface area contributed by atoms with Gasteiger partial charge in [0.1, 0.15) is 5.76 Å². The van der Waals surface area contributed by atoms with Gasteiger partial charge in [0, 0.05) is 0 Å². The van der Waals surface area contributed by atoms with Crippen LogP contribution in [0.5, 0.6) is 0 Å². The number of urea groups is 1. The summed E-state index contributed by atoms with van der Waals surface area (Å²) in [6.07, 6.45) is 1.47. The summed E-state index contributed by atoms with van der Waals surface area (Å²) in [4.78, 5) is 26.4. The Bertz CT molecular complexity index is 1080. The van der Waals surface area contributed by atoms with Crippen LogP contribution in [0.4, 0.5) is 4.79 Å². The van der Waals surface area contributed by atoms with Crippen molar-refractivity contribution in [2.24, 2.45) is 0 Å². The summed E-state index contributed by atoms with van der Waals surface area (Å²) in [5.74, 6) is 0.0446. The van der Waals surface area contributed by atoms with Crippen molar-refractivity contribution in [3.05, 3.63) is 83.8 Å². The summed E-state index contributed by atoms with van der Waals surface area (Å²) in [6.45, 7) is 1.79. The minimum absolute atomic E-state index is 0.154. The minimum atomic E-state index is -1.20. The van der Waals surface area contributed by atoms with Gasteiger partial charge in [0.15, 0.2) is 5.54 Å². The molecule has 0 radical (unpaired) electrons. The highest BCUT2D eigenvalue weighted by Gasteiger charge is 2.50. The van der Waals surface area contributed by atoms with Gasteiger partial charge in [0.25, 0.3) is 5.91 Å². The smallest absolute Gasteiger partial charge is 0.325 e. The first-order valence-electron chi connectivity index (χ1n) is 8.79. The molecule has 6 nitrogen and oxygen atoms in total. The number of amides is 3. The molecule has 1 unspecified atom stereocenters. The molecule has 1 aliphatic heterocycles. The number of rotatable bonds is 4. The van der Waals surface area contributed by atoms with Crippen LogP contribution in [0.2, 0.25) is 0 Å². The lowest BCUT2D eigenvalue weighted by molar-refractivity contribution is -0.132. The highest BCUT2D eigenvalue weighted by atomic mass is 16.3. The topological polar surface area (TPSA) is 86.3 Å². The van der Waals surface area contributed by atoms with Crippen molar-refractivity contribution in [2.75, 3.05) is 0 Å². The molecule has 0 saturated carbocycles. The van der Waals surface area contributed by atoms with E-state index >= 15 is 0 Å². The van der Waals surface area contributed by atoms with Gasteiger partial charge in [0.2, 0.25) is 0 Å². The minimum Gasteiger partial charge on any atom is -0.466 e. The maximum atomic E-state index is 12.9. The summed E-state index contributed by atoms with van der Waals surface area (Å²) in [6, 6.07) is 19.9. The summed E-state index contributed by atoms with van der Waals surface area (Å²) >= 11 is 0. The molecule has 1 atom stereocenters. The van der Waals surface area contributed by atoms with Crippen molar-refractivity contribution >= 4 is 11.9 Å². The first-order chi connectivity index (χ1) is 13.5. The molecule has 138 valence electrons. The summed E-state index contributed by atoms with van der Waals surface area (Å²) < 4.78 is 5.34. The van der Waals surface area contributed by atoms with E-state index in [1.807, 2.05) is 42.5 Å². The molecule has 1 aromatic heterocycles. The molecule has 0 bridgehead atoms. The fourth-order valence-corrected chi connectivity index (χ4v) is 3.38. The van der Waals surface area contributed by atoms with Crippen molar-refractivity contribution in [1.29, 1.82) is 5.26 Å². The summed E-state index contributed by atoms with van der Waals surface area (Å²) in [7, 11) is 0. The number of hydrogen-bond acceptors (Lipinski definition) is 4. The predicted molar refractivity (Wildman–Crippen MR) is 102 cm³/mol. The second-order valence-corrected chi connectivity index (χ2v) is 6.78. The number of nitrogens with one attached hydrogen (secondary N) is 1. The largest absolute Gasteiger partial charge is 0.466 e. The Morgan fingerprint density at radius 3 is 2.50 bits per heavy atom. The summed E-state index contributed by atoms with van der Waals surface area (Å²) in [5.41, 5.74) is 1.95. The number of furan rings is 1. The molecule has 6 heteroatoms. The highest BCUT2D eigenvalue weighted by Crippen LogP contribution is 2.30. The molecular formula is C22H17N3O3. The van der Waals surface area contributed by atoms with E-state index in [-0.39, 0.29) is 12.5 Å². The molecule has 1 N–H and O–H groups in total. The van der Waals surface area contributed by atoms with Crippen LogP contribution >= 0.6 is 0 Å². The third-order valence-corrected chi connectivity index (χ3v) is 4.94. The molecule has 1 fully saturated rings. The Morgan fingerprint density at radius 1 is 1.07 bits per heavy atom. The van der Waals surface area contributed by atoms with Crippen LogP contribution in [0, 0.1) is 11.3 Å². The van der Waals surface area contributed by atoms with Crippen molar-refractivity contribution in [2.45, 2.75) is 19.0 Å². The maximum Gasteiger partial charge on any atom is 0.325 e. The summed E-state index contributed by atoms with van der Waals surface area (Å²) in [5, 5.41) is 12.0. The van der Waals surface area contributed by atoms with Crippen LogP contribution in [0.15, 0.2) is 71.3 Å². The van der Waals surface area contributed by atoms with Gasteiger partial charge in [-0.15, -0.1) is 0 Å². The Hall–Kier alpha value is -3.85. The maximum absolute atomic E-state index is 12.9. The van der Waals surface area contributed by atoms with E-state index in [1.54, 1.807) is 25.1 Å². The van der Waals surface area contributed by atoms with Crippen LogP contribution in [0.1, 0.15) is 23.8 Å². The first-order valence-corrected chi connectivity index (χ1v) is 8.79. The van der Waals surface area contributed by atoms with Gasteiger partial charge < -0.3 is 9.73 Å². The molecular weight excluding hydrogens is 354 g/mol. The van der Waals surface area contributed by atoms with Gasteiger partial charge in [-0.05, 0) is 41.8 Å². The van der Waals surface area contributed by atoms with Crippen molar-refractivity contribution in [3.63, 3.8) is 0 Å². The van der Waals surface area contributed by atoms with Gasteiger partial charge >= 0.3 is 6.03 Å². The number of hydrogen-bond donors (Lipinski definition) is 1. The van der Waals surface area contributed by atoms with Crippen molar-refractivity contribution in [1.82, 2.24) is 10.2 Å². The van der Waals surface area contributed by atoms with E-state index < -0.39 is 11.6 Å². The molecule has 1 aliphatic rings. The van der Waals surface area contributed by atoms with Gasteiger partial charge in [-0.3, -0.25) is 9.69 Å². The second-order valence-electron chi connectivity index (χ2n) is 6.78. The first kappa shape index (κ1) is 17.6. The van der Waals surface area contributed by atoms with Crippen molar-refractivity contribution in [3.8, 4) is 17.2 Å². The molecule has 28 heavy (non-hydrogen) atoms. The number of carbonyl (C=O) groups excluding carboxylic acids is 2. The number of imide groups is 1. The average molecular weight is 371 g/mol. The van der Waals surface area contributed by atoms with Crippen LogP contribution in [0.3, 0.4) is 0 Å². The molecule has 0 spiro atoms. The van der Waals surface area contributed by atoms with Crippen LogP contribution in [-0.2, 0) is 16.9 Å². The third-order valence-electron chi connectivity index (χ3n) is 4.94. The van der Waals surface area contributed by atoms with Crippen LogP contribution in [0.25, 0.3) is 11.1 Å². The molecule has 3 aromatic rings. The fraction of sp³-hybridized carbons (Fsp3) is 0.136. The SMILES string of the molecule is CC1(c2ccco2)NC(=O)N(Cc2ccc(-c3ccccc3C#N)cc2)C1=O. The van der Waals surface area contributed by atoms with Gasteiger partial charge in [-0.25, -0.2) is 4.79 Å². The quantitative estimate of drug-likeness (QED) is 0.707. The normalized spacial score (nSPS) is 18.8. The number of nitriles is 1. The van der Waals surface area contributed by atoms with E-state index in [2.05, 4.69) is 11.4 Å². The standard InChI is InChI=1S/C22H17N3O3/c1-22(19-7-4-12-28-19)20(26)25(21(27)24-22)14-15-8-10-16(11-9-15)18-6-3-2-5-17(18)13-23/h2-12H,14H2,1H3,(H,24,27). The lowest BCUT2D eigenvalue weighted by Crippen LogP contribution is -2.40. The number of benzene rings is 2. The van der Waals surface area contributed by atoms with Crippen molar-refractivity contribution < 1.29 is 14.0 Å². The van der Waals surface area contributed by atoms with Gasteiger partial charge in [-0.1, -0.05) is 42.5 Å². The van der Waals surface area contributed by atoms with E-state index in [9.17, 15) is 14.9 Å². The highest BCUT2D eigenvalue weighted by molar-refractivity contribution is 6.06. The van der Waals surface area contributed by atoms with Crippen LogP contribution in [-0.4, -0.2) is 16.8 Å².